The molecule has 1 aromatic carbocycles. The summed E-state index contributed by atoms with van der Waals surface area (Å²) in [5.41, 5.74) is 0.275. The van der Waals surface area contributed by atoms with Crippen molar-refractivity contribution < 1.29 is 9.18 Å². The summed E-state index contributed by atoms with van der Waals surface area (Å²) in [5.74, 6) is -0.131. The van der Waals surface area contributed by atoms with Gasteiger partial charge >= 0.3 is 0 Å². The Balaban J connectivity index is 2.33. The molecule has 1 aliphatic carbocycles. The van der Waals surface area contributed by atoms with E-state index in [2.05, 4.69) is 18.7 Å². The van der Waals surface area contributed by atoms with Crippen molar-refractivity contribution in [3.8, 4) is 0 Å². The zero-order chi connectivity index (χ0) is 13.9. The lowest BCUT2D eigenvalue weighted by molar-refractivity contribution is 0.0584. The Hall–Kier alpha value is -1.22. The highest BCUT2D eigenvalue weighted by Gasteiger charge is 2.44. The predicted octanol–water partition coefficient (Wildman–Crippen LogP) is 3.66. The van der Waals surface area contributed by atoms with E-state index in [1.54, 1.807) is 12.1 Å². The fourth-order valence-corrected chi connectivity index (χ4v) is 3.35. The van der Waals surface area contributed by atoms with Crippen LogP contribution in [0, 0.1) is 5.82 Å². The van der Waals surface area contributed by atoms with Crippen LogP contribution in [0.3, 0.4) is 0 Å². The second kappa shape index (κ2) is 5.83. The van der Waals surface area contributed by atoms with Crippen LogP contribution in [0.2, 0.25) is 0 Å². The van der Waals surface area contributed by atoms with Gasteiger partial charge in [0.05, 0.1) is 5.54 Å². The van der Waals surface area contributed by atoms with E-state index in [1.807, 2.05) is 0 Å². The number of carbonyl (C=O) groups is 1. The summed E-state index contributed by atoms with van der Waals surface area (Å²) in [7, 11) is 0. The first-order chi connectivity index (χ1) is 9.14. The van der Waals surface area contributed by atoms with Crippen LogP contribution in [0.25, 0.3) is 0 Å². The van der Waals surface area contributed by atoms with E-state index in [0.717, 1.165) is 38.8 Å². The molecule has 0 atom stereocenters. The van der Waals surface area contributed by atoms with Gasteiger partial charge < -0.3 is 0 Å². The summed E-state index contributed by atoms with van der Waals surface area (Å²) in [6, 6.07) is 5.97. The molecular formula is C16H22FNO. The summed E-state index contributed by atoms with van der Waals surface area (Å²) in [4.78, 5) is 15.1. The van der Waals surface area contributed by atoms with E-state index < -0.39 is 0 Å². The Labute approximate surface area is 114 Å². The predicted molar refractivity (Wildman–Crippen MR) is 74.9 cm³/mol. The van der Waals surface area contributed by atoms with Gasteiger partial charge in [-0.15, -0.1) is 0 Å². The zero-order valence-corrected chi connectivity index (χ0v) is 11.8. The molecule has 0 aromatic heterocycles. The minimum absolute atomic E-state index is 0.161. The van der Waals surface area contributed by atoms with Gasteiger partial charge in [0.15, 0.2) is 5.78 Å². The molecule has 1 aliphatic rings. The Bertz CT molecular complexity index is 431. The van der Waals surface area contributed by atoms with E-state index in [1.165, 1.54) is 12.1 Å². The summed E-state index contributed by atoms with van der Waals surface area (Å²) < 4.78 is 13.0. The number of hydrogen-bond acceptors (Lipinski definition) is 2. The molecule has 2 nitrogen and oxygen atoms in total. The van der Waals surface area contributed by atoms with Crippen molar-refractivity contribution in [3.05, 3.63) is 35.6 Å². The quantitative estimate of drug-likeness (QED) is 0.756. The molecule has 0 amide bonds. The second-order valence-electron chi connectivity index (χ2n) is 5.25. The van der Waals surface area contributed by atoms with Gasteiger partial charge in [-0.2, -0.15) is 0 Å². The number of carbonyl (C=O) groups excluding carboxylic acids is 1. The van der Waals surface area contributed by atoms with Crippen molar-refractivity contribution in [2.75, 3.05) is 13.1 Å². The molecule has 0 radical (unpaired) electrons. The maximum absolute atomic E-state index is 13.0. The highest BCUT2D eigenvalue weighted by atomic mass is 19.1. The van der Waals surface area contributed by atoms with Gasteiger partial charge in [-0.3, -0.25) is 9.69 Å². The van der Waals surface area contributed by atoms with E-state index >= 15 is 0 Å². The van der Waals surface area contributed by atoms with Gasteiger partial charge in [-0.1, -0.05) is 26.7 Å². The minimum atomic E-state index is -0.360. The number of rotatable bonds is 5. The van der Waals surface area contributed by atoms with Crippen LogP contribution in [0.1, 0.15) is 49.9 Å². The molecule has 0 bridgehead atoms. The Morgan fingerprint density at radius 1 is 1.16 bits per heavy atom. The van der Waals surface area contributed by atoms with Crippen molar-refractivity contribution in [1.29, 1.82) is 0 Å². The first kappa shape index (κ1) is 14.2. The van der Waals surface area contributed by atoms with E-state index in [0.29, 0.717) is 5.56 Å². The largest absolute Gasteiger partial charge is 0.292 e. The molecule has 19 heavy (non-hydrogen) atoms. The molecule has 0 heterocycles. The van der Waals surface area contributed by atoms with Gasteiger partial charge in [0, 0.05) is 5.56 Å². The maximum atomic E-state index is 13.0. The van der Waals surface area contributed by atoms with Crippen LogP contribution in [0.5, 0.6) is 0 Å². The van der Waals surface area contributed by atoms with Crippen molar-refractivity contribution in [2.45, 2.75) is 45.1 Å². The molecule has 1 aromatic rings. The van der Waals surface area contributed by atoms with Crippen LogP contribution < -0.4 is 0 Å². The lowest BCUT2D eigenvalue weighted by Crippen LogP contribution is -2.52. The number of hydrogen-bond donors (Lipinski definition) is 0. The lowest BCUT2D eigenvalue weighted by atomic mass is 9.85. The molecule has 0 saturated heterocycles. The number of benzene rings is 1. The molecule has 1 saturated carbocycles. The maximum Gasteiger partial charge on any atom is 0.183 e. The molecular weight excluding hydrogens is 241 g/mol. The summed E-state index contributed by atoms with van der Waals surface area (Å²) in [6.07, 6.45) is 4.04. The van der Waals surface area contributed by atoms with Crippen LogP contribution in [-0.2, 0) is 0 Å². The molecule has 1 fully saturated rings. The van der Waals surface area contributed by atoms with Crippen LogP contribution in [0.15, 0.2) is 24.3 Å². The third kappa shape index (κ3) is 2.57. The van der Waals surface area contributed by atoms with Crippen LogP contribution in [-0.4, -0.2) is 29.3 Å². The SMILES string of the molecule is CCN(CC)C1(C(=O)c2ccc(F)cc2)CCCC1. The highest BCUT2D eigenvalue weighted by Crippen LogP contribution is 2.38. The van der Waals surface area contributed by atoms with Gasteiger partial charge in [0.25, 0.3) is 0 Å². The van der Waals surface area contributed by atoms with E-state index in [-0.39, 0.29) is 17.1 Å². The van der Waals surface area contributed by atoms with Crippen molar-refractivity contribution >= 4 is 5.78 Å². The fourth-order valence-electron chi connectivity index (χ4n) is 3.35. The first-order valence-corrected chi connectivity index (χ1v) is 7.19. The molecule has 0 spiro atoms. The number of likely N-dealkylation sites (N-methyl/N-ethyl adjacent to an activating group) is 1. The molecule has 2 rings (SSSR count). The van der Waals surface area contributed by atoms with Crippen molar-refractivity contribution in [1.82, 2.24) is 4.90 Å². The molecule has 104 valence electrons. The van der Waals surface area contributed by atoms with E-state index in [4.69, 9.17) is 0 Å². The van der Waals surface area contributed by atoms with Crippen LogP contribution >= 0.6 is 0 Å². The number of halogens is 1. The van der Waals surface area contributed by atoms with Gasteiger partial charge in [0.2, 0.25) is 0 Å². The Morgan fingerprint density at radius 2 is 1.68 bits per heavy atom. The fraction of sp³-hybridized carbons (Fsp3) is 0.562. The smallest absolute Gasteiger partial charge is 0.183 e. The monoisotopic (exact) mass is 263 g/mol. The first-order valence-electron chi connectivity index (χ1n) is 7.19. The zero-order valence-electron chi connectivity index (χ0n) is 11.8. The van der Waals surface area contributed by atoms with Crippen molar-refractivity contribution in [2.24, 2.45) is 0 Å². The average Bonchev–Trinajstić information content (AvgIpc) is 2.91. The number of ketones is 1. The molecule has 0 N–H and O–H groups in total. The normalized spacial score (nSPS) is 17.9. The minimum Gasteiger partial charge on any atom is -0.292 e. The van der Waals surface area contributed by atoms with Crippen LogP contribution in [0.4, 0.5) is 4.39 Å². The summed E-state index contributed by atoms with van der Waals surface area (Å²) >= 11 is 0. The third-order valence-corrected chi connectivity index (χ3v) is 4.33. The molecule has 3 heteroatoms. The summed E-state index contributed by atoms with van der Waals surface area (Å²) in [6.45, 7) is 5.95. The summed E-state index contributed by atoms with van der Waals surface area (Å²) in [5, 5.41) is 0. The Morgan fingerprint density at radius 3 is 2.16 bits per heavy atom. The number of Topliss-reactive ketones (excluding diaryl/α,β-unsaturated/α-hetero) is 1. The second-order valence-corrected chi connectivity index (χ2v) is 5.25. The number of nitrogens with zero attached hydrogens (tertiary/aromatic N) is 1. The van der Waals surface area contributed by atoms with Gasteiger partial charge in [-0.25, -0.2) is 4.39 Å². The third-order valence-electron chi connectivity index (χ3n) is 4.33. The van der Waals surface area contributed by atoms with E-state index in [9.17, 15) is 9.18 Å². The standard InChI is InChI=1S/C16H22FNO/c1-3-18(4-2)16(11-5-6-12-16)15(19)13-7-9-14(17)10-8-13/h7-10H,3-6,11-12H2,1-2H3. The lowest BCUT2D eigenvalue weighted by Gasteiger charge is -2.39. The van der Waals surface area contributed by atoms with Crippen molar-refractivity contribution in [3.63, 3.8) is 0 Å². The topological polar surface area (TPSA) is 20.3 Å². The highest BCUT2D eigenvalue weighted by molar-refractivity contribution is 6.03. The molecule has 0 aliphatic heterocycles. The Kier molecular flexibility index (Phi) is 4.35. The van der Waals surface area contributed by atoms with Gasteiger partial charge in [0.1, 0.15) is 5.82 Å². The molecule has 0 unspecified atom stereocenters. The average molecular weight is 263 g/mol. The van der Waals surface area contributed by atoms with Gasteiger partial charge in [-0.05, 0) is 50.2 Å².